The van der Waals surface area contributed by atoms with Crippen LogP contribution in [-0.4, -0.2) is 36.0 Å². The van der Waals surface area contributed by atoms with Crippen LogP contribution >= 0.6 is 0 Å². The summed E-state index contributed by atoms with van der Waals surface area (Å²) in [6, 6.07) is 5.51. The van der Waals surface area contributed by atoms with Gasteiger partial charge >= 0.3 is 6.03 Å². The molecule has 1 heterocycles. The number of rotatable bonds is 3. The fourth-order valence-electron chi connectivity index (χ4n) is 2.57. The molecule has 2 fully saturated rings. The van der Waals surface area contributed by atoms with Crippen LogP contribution in [0.25, 0.3) is 0 Å². The molecule has 6 heteroatoms. The van der Waals surface area contributed by atoms with Gasteiger partial charge in [-0.3, -0.25) is 4.79 Å². The number of hydrogen-bond acceptors (Lipinski definition) is 2. The predicted octanol–water partition coefficient (Wildman–Crippen LogP) is 1.96. The number of halogens is 1. The lowest BCUT2D eigenvalue weighted by Crippen LogP contribution is -2.41. The van der Waals surface area contributed by atoms with E-state index < -0.39 is 11.8 Å². The minimum absolute atomic E-state index is 0.0699. The standard InChI is InChI=1S/C15H18FN3O2/c16-12-3-1-2-4-13(12)18-15(21)17-11-7-8-19(9-11)14(20)10-5-6-10/h1-4,10-11H,5-9H2,(H2,17,18,21). The third-order valence-corrected chi connectivity index (χ3v) is 3.88. The van der Waals surface area contributed by atoms with Crippen molar-refractivity contribution < 1.29 is 14.0 Å². The van der Waals surface area contributed by atoms with E-state index in [-0.39, 0.29) is 23.6 Å². The summed E-state index contributed by atoms with van der Waals surface area (Å²) < 4.78 is 13.4. The minimum atomic E-state index is -0.468. The maximum atomic E-state index is 13.4. The molecular formula is C15H18FN3O2. The van der Waals surface area contributed by atoms with Crippen LogP contribution in [0.3, 0.4) is 0 Å². The van der Waals surface area contributed by atoms with E-state index in [1.165, 1.54) is 12.1 Å². The number of carbonyl (C=O) groups is 2. The van der Waals surface area contributed by atoms with Crippen LogP contribution in [0, 0.1) is 11.7 Å². The van der Waals surface area contributed by atoms with E-state index in [0.717, 1.165) is 19.3 Å². The first-order valence-corrected chi connectivity index (χ1v) is 7.24. The van der Waals surface area contributed by atoms with Gasteiger partial charge in [-0.2, -0.15) is 0 Å². The summed E-state index contributed by atoms with van der Waals surface area (Å²) in [6.45, 7) is 1.22. The number of carbonyl (C=O) groups excluding carboxylic acids is 2. The van der Waals surface area contributed by atoms with E-state index in [1.807, 2.05) is 4.90 Å². The molecule has 21 heavy (non-hydrogen) atoms. The fraction of sp³-hybridized carbons (Fsp3) is 0.467. The zero-order valence-electron chi connectivity index (χ0n) is 11.6. The Kier molecular flexibility index (Phi) is 3.77. The molecule has 5 nitrogen and oxygen atoms in total. The third-order valence-electron chi connectivity index (χ3n) is 3.88. The first kappa shape index (κ1) is 13.9. The van der Waals surface area contributed by atoms with Crippen molar-refractivity contribution in [2.24, 2.45) is 5.92 Å². The number of anilines is 1. The van der Waals surface area contributed by atoms with E-state index in [9.17, 15) is 14.0 Å². The van der Waals surface area contributed by atoms with E-state index in [4.69, 9.17) is 0 Å². The molecule has 2 aliphatic rings. The molecule has 2 N–H and O–H groups in total. The molecule has 1 saturated heterocycles. The maximum absolute atomic E-state index is 13.4. The molecular weight excluding hydrogens is 273 g/mol. The van der Waals surface area contributed by atoms with Gasteiger partial charge in [0.15, 0.2) is 0 Å². The molecule has 0 bridgehead atoms. The summed E-state index contributed by atoms with van der Waals surface area (Å²) in [5, 5.41) is 5.28. The van der Waals surface area contributed by atoms with Crippen LogP contribution < -0.4 is 10.6 Å². The summed E-state index contributed by atoms with van der Waals surface area (Å²) >= 11 is 0. The number of amides is 3. The normalized spacial score (nSPS) is 21.2. The summed E-state index contributed by atoms with van der Waals surface area (Å²) in [4.78, 5) is 25.6. The molecule has 1 aromatic rings. The molecule has 0 spiro atoms. The zero-order valence-corrected chi connectivity index (χ0v) is 11.6. The second kappa shape index (κ2) is 5.71. The quantitative estimate of drug-likeness (QED) is 0.894. The highest BCUT2D eigenvalue weighted by Gasteiger charge is 2.36. The minimum Gasteiger partial charge on any atom is -0.340 e. The van der Waals surface area contributed by atoms with Crippen molar-refractivity contribution >= 4 is 17.6 Å². The van der Waals surface area contributed by atoms with Crippen molar-refractivity contribution in [3.63, 3.8) is 0 Å². The molecule has 3 rings (SSSR count). The van der Waals surface area contributed by atoms with Crippen LogP contribution in [0.1, 0.15) is 19.3 Å². The first-order chi connectivity index (χ1) is 10.1. The summed E-state index contributed by atoms with van der Waals surface area (Å²) in [6.07, 6.45) is 2.71. The molecule has 112 valence electrons. The van der Waals surface area contributed by atoms with Crippen LogP contribution in [0.4, 0.5) is 14.9 Å². The maximum Gasteiger partial charge on any atom is 0.319 e. The second-order valence-corrected chi connectivity index (χ2v) is 5.62. The van der Waals surface area contributed by atoms with Gasteiger partial charge in [-0.05, 0) is 31.4 Å². The Balaban J connectivity index is 1.49. The van der Waals surface area contributed by atoms with Gasteiger partial charge < -0.3 is 15.5 Å². The lowest BCUT2D eigenvalue weighted by atomic mass is 10.2. The number of para-hydroxylation sites is 1. The van der Waals surface area contributed by atoms with Gasteiger partial charge in [0.1, 0.15) is 5.82 Å². The van der Waals surface area contributed by atoms with Gasteiger partial charge in [0.2, 0.25) is 5.91 Å². The molecule has 1 aliphatic heterocycles. The lowest BCUT2D eigenvalue weighted by Gasteiger charge is -2.17. The van der Waals surface area contributed by atoms with Gasteiger partial charge in [-0.15, -0.1) is 0 Å². The van der Waals surface area contributed by atoms with E-state index in [1.54, 1.807) is 12.1 Å². The predicted molar refractivity (Wildman–Crippen MR) is 76.3 cm³/mol. The molecule has 1 aromatic carbocycles. The van der Waals surface area contributed by atoms with Crippen LogP contribution in [0.15, 0.2) is 24.3 Å². The Bertz CT molecular complexity index is 560. The van der Waals surface area contributed by atoms with E-state index in [0.29, 0.717) is 13.1 Å². The molecule has 0 radical (unpaired) electrons. The highest BCUT2D eigenvalue weighted by atomic mass is 19.1. The van der Waals surface area contributed by atoms with E-state index >= 15 is 0 Å². The third kappa shape index (κ3) is 3.32. The lowest BCUT2D eigenvalue weighted by molar-refractivity contribution is -0.131. The monoisotopic (exact) mass is 291 g/mol. The van der Waals surface area contributed by atoms with Crippen LogP contribution in [0.5, 0.6) is 0 Å². The van der Waals surface area contributed by atoms with Crippen molar-refractivity contribution in [3.8, 4) is 0 Å². The average Bonchev–Trinajstić information content (AvgIpc) is 3.21. The topological polar surface area (TPSA) is 61.4 Å². The van der Waals surface area contributed by atoms with Gasteiger partial charge in [0, 0.05) is 25.0 Å². The first-order valence-electron chi connectivity index (χ1n) is 7.24. The number of nitrogens with zero attached hydrogens (tertiary/aromatic N) is 1. The van der Waals surface area contributed by atoms with Gasteiger partial charge in [-0.25, -0.2) is 9.18 Å². The molecule has 0 aromatic heterocycles. The summed E-state index contributed by atoms with van der Waals surface area (Å²) in [7, 11) is 0. The van der Waals surface area contributed by atoms with Crippen molar-refractivity contribution in [1.82, 2.24) is 10.2 Å². The average molecular weight is 291 g/mol. The Hall–Kier alpha value is -2.11. The zero-order chi connectivity index (χ0) is 14.8. The van der Waals surface area contributed by atoms with Crippen molar-refractivity contribution in [3.05, 3.63) is 30.1 Å². The molecule has 3 amide bonds. The smallest absolute Gasteiger partial charge is 0.319 e. The molecule has 1 saturated carbocycles. The van der Waals surface area contributed by atoms with Crippen molar-refractivity contribution in [1.29, 1.82) is 0 Å². The molecule has 1 unspecified atom stereocenters. The largest absolute Gasteiger partial charge is 0.340 e. The number of hydrogen-bond donors (Lipinski definition) is 2. The van der Waals surface area contributed by atoms with Crippen molar-refractivity contribution in [2.75, 3.05) is 18.4 Å². The molecule has 1 atom stereocenters. The van der Waals surface area contributed by atoms with Crippen LogP contribution in [0.2, 0.25) is 0 Å². The number of benzene rings is 1. The van der Waals surface area contributed by atoms with Gasteiger partial charge in [0.25, 0.3) is 0 Å². The van der Waals surface area contributed by atoms with E-state index in [2.05, 4.69) is 10.6 Å². The summed E-state index contributed by atoms with van der Waals surface area (Å²) in [5.74, 6) is -0.0607. The number of urea groups is 1. The van der Waals surface area contributed by atoms with Gasteiger partial charge in [0.05, 0.1) is 5.69 Å². The highest BCUT2D eigenvalue weighted by molar-refractivity contribution is 5.89. The van der Waals surface area contributed by atoms with Crippen LogP contribution in [-0.2, 0) is 4.79 Å². The number of likely N-dealkylation sites (tertiary alicyclic amines) is 1. The summed E-state index contributed by atoms with van der Waals surface area (Å²) in [5.41, 5.74) is 0.152. The highest BCUT2D eigenvalue weighted by Crippen LogP contribution is 2.32. The van der Waals surface area contributed by atoms with Crippen molar-refractivity contribution in [2.45, 2.75) is 25.3 Å². The molecule has 1 aliphatic carbocycles. The fourth-order valence-corrected chi connectivity index (χ4v) is 2.57. The Labute approximate surface area is 122 Å². The Morgan fingerprint density at radius 2 is 1.95 bits per heavy atom. The van der Waals surface area contributed by atoms with Gasteiger partial charge in [-0.1, -0.05) is 12.1 Å². The number of nitrogens with one attached hydrogen (secondary N) is 2. The Morgan fingerprint density at radius 3 is 2.67 bits per heavy atom. The Morgan fingerprint density at radius 1 is 1.19 bits per heavy atom. The second-order valence-electron chi connectivity index (χ2n) is 5.62. The SMILES string of the molecule is O=C(Nc1ccccc1F)NC1CCN(C(=O)C2CC2)C1.